The number of carbonyl (C=O) groups excluding carboxylic acids is 1. The van der Waals surface area contributed by atoms with Gasteiger partial charge in [0.2, 0.25) is 0 Å². The quantitative estimate of drug-likeness (QED) is 0.574. The largest absolute Gasteiger partial charge is 0.495 e. The summed E-state index contributed by atoms with van der Waals surface area (Å²) in [6.45, 7) is 1.35. The molecule has 0 unspecified atom stereocenters. The summed E-state index contributed by atoms with van der Waals surface area (Å²) in [6, 6.07) is 0.649. The van der Waals surface area contributed by atoms with Crippen LogP contribution in [0.2, 0.25) is 0 Å². The zero-order valence-electron chi connectivity index (χ0n) is 15.5. The zero-order valence-corrected chi connectivity index (χ0v) is 15.5. The highest BCUT2D eigenvalue weighted by molar-refractivity contribution is 5.92. The van der Waals surface area contributed by atoms with Crippen LogP contribution in [-0.2, 0) is 4.79 Å². The van der Waals surface area contributed by atoms with Gasteiger partial charge in [-0.05, 0) is 13.0 Å². The van der Waals surface area contributed by atoms with Gasteiger partial charge in [-0.25, -0.2) is 19.3 Å². The van der Waals surface area contributed by atoms with Crippen molar-refractivity contribution in [2.45, 2.75) is 32.0 Å². The Morgan fingerprint density at radius 3 is 2.76 bits per heavy atom. The fourth-order valence-electron chi connectivity index (χ4n) is 2.65. The third kappa shape index (κ3) is 4.79. The van der Waals surface area contributed by atoms with Crippen molar-refractivity contribution < 1.29 is 27.1 Å². The monoisotopic (exact) mass is 411 g/mol. The zero-order chi connectivity index (χ0) is 21.2. The van der Waals surface area contributed by atoms with E-state index in [4.69, 9.17) is 4.74 Å². The second-order valence-electron chi connectivity index (χ2n) is 6.31. The molecule has 0 amide bonds. The van der Waals surface area contributed by atoms with E-state index in [0.717, 1.165) is 6.20 Å². The summed E-state index contributed by atoms with van der Waals surface area (Å²) in [5, 5.41) is 3.16. The number of hydrogen-bond acceptors (Lipinski definition) is 6. The molecule has 3 aromatic heterocycles. The van der Waals surface area contributed by atoms with Crippen molar-refractivity contribution >= 4 is 22.6 Å². The van der Waals surface area contributed by atoms with Gasteiger partial charge in [0.05, 0.1) is 32.0 Å². The second kappa shape index (κ2) is 8.02. The molecule has 0 saturated carbocycles. The number of aromatic amines is 1. The van der Waals surface area contributed by atoms with Gasteiger partial charge in [-0.15, -0.1) is 0 Å². The van der Waals surface area contributed by atoms with E-state index in [9.17, 15) is 22.4 Å². The van der Waals surface area contributed by atoms with Crippen LogP contribution in [0.25, 0.3) is 22.4 Å². The van der Waals surface area contributed by atoms with Crippen LogP contribution in [0.5, 0.6) is 5.75 Å². The van der Waals surface area contributed by atoms with Crippen molar-refractivity contribution in [1.29, 1.82) is 0 Å². The van der Waals surface area contributed by atoms with E-state index >= 15 is 0 Å². The predicted octanol–water partition coefficient (Wildman–Crippen LogP) is 3.88. The summed E-state index contributed by atoms with van der Waals surface area (Å²) in [6.07, 6.45) is -2.34. The molecule has 0 aliphatic carbocycles. The molecule has 11 heteroatoms. The smallest absolute Gasteiger partial charge is 0.389 e. The van der Waals surface area contributed by atoms with Gasteiger partial charge < -0.3 is 15.0 Å². The number of carbonyl (C=O) groups is 1. The Kier molecular flexibility index (Phi) is 5.66. The summed E-state index contributed by atoms with van der Waals surface area (Å²) in [5.41, 5.74) is 1.06. The Hall–Kier alpha value is -3.24. The van der Waals surface area contributed by atoms with Crippen molar-refractivity contribution in [2.24, 2.45) is 0 Å². The van der Waals surface area contributed by atoms with Gasteiger partial charge in [0.15, 0.2) is 23.2 Å². The third-order valence-corrected chi connectivity index (χ3v) is 4.22. The van der Waals surface area contributed by atoms with Crippen LogP contribution in [-0.4, -0.2) is 45.0 Å². The maximum Gasteiger partial charge on any atom is 0.389 e. The molecule has 154 valence electrons. The van der Waals surface area contributed by atoms with Crippen molar-refractivity contribution in [3.63, 3.8) is 0 Å². The van der Waals surface area contributed by atoms with E-state index in [-0.39, 0.29) is 11.6 Å². The Morgan fingerprint density at radius 1 is 1.31 bits per heavy atom. The Labute approximate surface area is 162 Å². The average Bonchev–Trinajstić information content (AvgIpc) is 3.10. The molecule has 7 nitrogen and oxygen atoms in total. The highest BCUT2D eigenvalue weighted by atomic mass is 19.4. The minimum atomic E-state index is -4.44. The Bertz CT molecular complexity index is 1030. The topological polar surface area (TPSA) is 92.8 Å². The number of anilines is 1. The first-order valence-corrected chi connectivity index (χ1v) is 8.58. The molecule has 0 fully saturated rings. The van der Waals surface area contributed by atoms with E-state index in [2.05, 4.69) is 25.3 Å². The summed E-state index contributed by atoms with van der Waals surface area (Å²) in [7, 11) is 1.49. The highest BCUT2D eigenvalue weighted by Crippen LogP contribution is 2.29. The van der Waals surface area contributed by atoms with E-state index in [0.29, 0.717) is 22.3 Å². The van der Waals surface area contributed by atoms with Crippen LogP contribution in [0.15, 0.2) is 24.7 Å². The Morgan fingerprint density at radius 2 is 2.07 bits per heavy atom. The summed E-state index contributed by atoms with van der Waals surface area (Å²) >= 11 is 0. The van der Waals surface area contributed by atoms with Crippen LogP contribution in [0.1, 0.15) is 19.8 Å². The van der Waals surface area contributed by atoms with Crippen molar-refractivity contribution in [3.05, 3.63) is 30.5 Å². The first-order chi connectivity index (χ1) is 13.7. The van der Waals surface area contributed by atoms with E-state index in [1.165, 1.54) is 20.2 Å². The molecular formula is C18H17F4N5O2. The van der Waals surface area contributed by atoms with Crippen LogP contribution >= 0.6 is 0 Å². The summed E-state index contributed by atoms with van der Waals surface area (Å²) < 4.78 is 56.1. The van der Waals surface area contributed by atoms with Crippen molar-refractivity contribution in [2.75, 3.05) is 12.4 Å². The molecule has 0 spiro atoms. The number of hydrogen-bond donors (Lipinski definition) is 2. The number of methoxy groups -OCH3 is 1. The van der Waals surface area contributed by atoms with E-state index < -0.39 is 36.7 Å². The van der Waals surface area contributed by atoms with Crippen LogP contribution in [0.4, 0.5) is 23.4 Å². The number of alkyl halides is 3. The van der Waals surface area contributed by atoms with Gasteiger partial charge in [0.25, 0.3) is 0 Å². The molecule has 3 heterocycles. The maximum absolute atomic E-state index is 14.1. The van der Waals surface area contributed by atoms with Crippen LogP contribution in [0.3, 0.4) is 0 Å². The molecule has 3 aromatic rings. The molecule has 0 aromatic carbocycles. The number of nitrogens with zero attached hydrogens (tertiary/aromatic N) is 3. The molecule has 0 aliphatic heterocycles. The van der Waals surface area contributed by atoms with Gasteiger partial charge >= 0.3 is 6.18 Å². The van der Waals surface area contributed by atoms with Gasteiger partial charge in [-0.3, -0.25) is 4.79 Å². The van der Waals surface area contributed by atoms with Gasteiger partial charge in [0, 0.05) is 23.6 Å². The minimum Gasteiger partial charge on any atom is -0.495 e. The number of aromatic nitrogens is 4. The normalized spacial score (nSPS) is 12.8. The third-order valence-electron chi connectivity index (χ3n) is 4.22. The SMILES string of the molecule is COc1cnc2[nH]cc(-c3ncc(F)c(N[C@@H](C)C(=O)CCC(F)(F)F)n3)c2c1. The standard InChI is InChI=1S/C18H17F4N5O2/c1-9(14(28)3-4-18(20,21)22)26-17-13(19)8-25-16(27-17)12-7-24-15-11(12)5-10(29-2)6-23-15/h5-9H,3-4H2,1-2H3,(H,23,24)(H,25,26,27)/t9-/m0/s1. The lowest BCUT2D eigenvalue weighted by molar-refractivity contribution is -0.143. The lowest BCUT2D eigenvalue weighted by Crippen LogP contribution is -2.28. The molecule has 0 saturated heterocycles. The number of H-pyrrole nitrogens is 1. The second-order valence-corrected chi connectivity index (χ2v) is 6.31. The number of fused-ring (bicyclic) bond motifs is 1. The number of nitrogens with one attached hydrogen (secondary N) is 2. The molecule has 0 aliphatic rings. The average molecular weight is 411 g/mol. The molecule has 0 bridgehead atoms. The lowest BCUT2D eigenvalue weighted by Gasteiger charge is -2.15. The van der Waals surface area contributed by atoms with E-state index in [1.807, 2.05) is 0 Å². The molecular weight excluding hydrogens is 394 g/mol. The van der Waals surface area contributed by atoms with E-state index in [1.54, 1.807) is 12.3 Å². The van der Waals surface area contributed by atoms with Crippen molar-refractivity contribution in [3.8, 4) is 17.1 Å². The van der Waals surface area contributed by atoms with Crippen LogP contribution in [0, 0.1) is 5.82 Å². The van der Waals surface area contributed by atoms with Crippen molar-refractivity contribution in [1.82, 2.24) is 19.9 Å². The first-order valence-electron chi connectivity index (χ1n) is 8.58. The Balaban J connectivity index is 1.84. The van der Waals surface area contributed by atoms with Gasteiger partial charge in [-0.1, -0.05) is 0 Å². The fourth-order valence-corrected chi connectivity index (χ4v) is 2.65. The maximum atomic E-state index is 14.1. The minimum absolute atomic E-state index is 0.144. The molecule has 1 atom stereocenters. The fraction of sp³-hybridized carbons (Fsp3) is 0.333. The molecule has 0 radical (unpaired) electrons. The number of ether oxygens (including phenoxy) is 1. The number of pyridine rings is 1. The summed E-state index contributed by atoms with van der Waals surface area (Å²) in [4.78, 5) is 27.1. The van der Waals surface area contributed by atoms with Crippen LogP contribution < -0.4 is 10.1 Å². The molecule has 3 rings (SSSR count). The summed E-state index contributed by atoms with van der Waals surface area (Å²) in [5.74, 6) is -1.18. The molecule has 2 N–H and O–H groups in total. The highest BCUT2D eigenvalue weighted by Gasteiger charge is 2.29. The van der Waals surface area contributed by atoms with Gasteiger partial charge in [0.1, 0.15) is 11.4 Å². The number of halogens is 4. The number of ketones is 1. The number of Topliss-reactive ketones (excluding diaryl/α,β-unsaturated/α-hetero) is 1. The first kappa shape index (κ1) is 20.5. The lowest BCUT2D eigenvalue weighted by atomic mass is 10.1. The van der Waals surface area contributed by atoms with Gasteiger partial charge in [-0.2, -0.15) is 13.2 Å². The predicted molar refractivity (Wildman–Crippen MR) is 97.0 cm³/mol. The molecule has 29 heavy (non-hydrogen) atoms. The number of rotatable bonds is 7.